The van der Waals surface area contributed by atoms with E-state index in [1.165, 1.54) is 14.0 Å². The summed E-state index contributed by atoms with van der Waals surface area (Å²) in [6.07, 6.45) is 0.275. The van der Waals surface area contributed by atoms with Gasteiger partial charge in [-0.1, -0.05) is 6.92 Å². The molecular weight excluding hydrogens is 214 g/mol. The van der Waals surface area contributed by atoms with Crippen molar-refractivity contribution in [2.75, 3.05) is 7.05 Å². The number of carboxylic acid groups (broad SMARTS) is 1. The standard InChI is InChI=1S/C9H17N3O4/c1-4-6(8(14)15)12-9(16)11-5(2)7(13)10-3/h5-6H,4H2,1-3H3,(H,10,13)(H,14,15)(H2,11,12,16)/t5?,6-/m0/s1. The first-order valence-corrected chi connectivity index (χ1v) is 4.93. The summed E-state index contributed by atoms with van der Waals surface area (Å²) >= 11 is 0. The summed E-state index contributed by atoms with van der Waals surface area (Å²) in [7, 11) is 1.45. The summed E-state index contributed by atoms with van der Waals surface area (Å²) in [4.78, 5) is 33.0. The van der Waals surface area contributed by atoms with E-state index in [4.69, 9.17) is 5.11 Å². The maximum atomic E-state index is 11.3. The van der Waals surface area contributed by atoms with Crippen molar-refractivity contribution >= 4 is 17.9 Å². The average molecular weight is 231 g/mol. The number of hydrogen-bond acceptors (Lipinski definition) is 3. The second kappa shape index (κ2) is 6.65. The number of nitrogens with one attached hydrogen (secondary N) is 3. The lowest BCUT2D eigenvalue weighted by Crippen LogP contribution is -2.51. The van der Waals surface area contributed by atoms with Gasteiger partial charge in [0.15, 0.2) is 0 Å². The van der Waals surface area contributed by atoms with Crippen molar-refractivity contribution in [2.45, 2.75) is 32.4 Å². The molecule has 0 bridgehead atoms. The first kappa shape index (κ1) is 14.2. The van der Waals surface area contributed by atoms with E-state index in [1.807, 2.05) is 0 Å². The molecule has 3 amide bonds. The number of aliphatic carboxylic acids is 1. The van der Waals surface area contributed by atoms with Crippen molar-refractivity contribution in [1.82, 2.24) is 16.0 Å². The topological polar surface area (TPSA) is 108 Å². The van der Waals surface area contributed by atoms with Crippen LogP contribution in [0, 0.1) is 0 Å². The second-order valence-corrected chi connectivity index (χ2v) is 3.25. The Balaban J connectivity index is 4.17. The van der Waals surface area contributed by atoms with Gasteiger partial charge in [0.25, 0.3) is 0 Å². The van der Waals surface area contributed by atoms with Crippen LogP contribution in [0.15, 0.2) is 0 Å². The molecule has 0 aliphatic carbocycles. The molecule has 0 spiro atoms. The van der Waals surface area contributed by atoms with Gasteiger partial charge in [-0.3, -0.25) is 4.79 Å². The first-order valence-electron chi connectivity index (χ1n) is 4.93. The van der Waals surface area contributed by atoms with Crippen LogP contribution in [0.5, 0.6) is 0 Å². The highest BCUT2D eigenvalue weighted by Gasteiger charge is 2.20. The summed E-state index contributed by atoms with van der Waals surface area (Å²) in [6, 6.07) is -2.33. The lowest BCUT2D eigenvalue weighted by Gasteiger charge is -2.16. The minimum atomic E-state index is -1.11. The van der Waals surface area contributed by atoms with Crippen LogP contribution in [0.2, 0.25) is 0 Å². The minimum absolute atomic E-state index is 0.275. The third-order valence-electron chi connectivity index (χ3n) is 2.00. The average Bonchev–Trinajstić information content (AvgIpc) is 2.23. The number of likely N-dealkylation sites (N-methyl/N-ethyl adjacent to an activating group) is 1. The first-order chi connectivity index (χ1) is 7.42. The molecule has 7 nitrogen and oxygen atoms in total. The van der Waals surface area contributed by atoms with Gasteiger partial charge in [0.1, 0.15) is 12.1 Å². The summed E-state index contributed by atoms with van der Waals surface area (Å²) in [5.74, 6) is -1.45. The van der Waals surface area contributed by atoms with E-state index in [2.05, 4.69) is 16.0 Å². The predicted octanol–water partition coefficient (Wildman–Crippen LogP) is -0.717. The highest BCUT2D eigenvalue weighted by atomic mass is 16.4. The third-order valence-corrected chi connectivity index (χ3v) is 2.00. The number of carbonyl (C=O) groups excluding carboxylic acids is 2. The third kappa shape index (κ3) is 4.63. The van der Waals surface area contributed by atoms with Gasteiger partial charge in [0.2, 0.25) is 5.91 Å². The van der Waals surface area contributed by atoms with Crippen LogP contribution in [0.1, 0.15) is 20.3 Å². The Bertz CT molecular complexity index is 280. The van der Waals surface area contributed by atoms with Gasteiger partial charge in [-0.2, -0.15) is 0 Å². The molecule has 0 radical (unpaired) electrons. The molecule has 0 aromatic heterocycles. The van der Waals surface area contributed by atoms with Crippen LogP contribution in [-0.2, 0) is 9.59 Å². The quantitative estimate of drug-likeness (QED) is 0.501. The molecule has 0 rings (SSSR count). The van der Waals surface area contributed by atoms with Crippen molar-refractivity contribution in [3.63, 3.8) is 0 Å². The Morgan fingerprint density at radius 2 is 1.81 bits per heavy atom. The summed E-state index contributed by atoms with van der Waals surface area (Å²) in [6.45, 7) is 3.14. The largest absolute Gasteiger partial charge is 0.480 e. The maximum absolute atomic E-state index is 11.3. The van der Waals surface area contributed by atoms with E-state index in [0.717, 1.165) is 0 Å². The fourth-order valence-corrected chi connectivity index (χ4v) is 1.02. The van der Waals surface area contributed by atoms with Crippen LogP contribution < -0.4 is 16.0 Å². The number of carboxylic acids is 1. The van der Waals surface area contributed by atoms with E-state index in [0.29, 0.717) is 0 Å². The van der Waals surface area contributed by atoms with Crippen LogP contribution in [0.25, 0.3) is 0 Å². The molecule has 0 saturated heterocycles. The van der Waals surface area contributed by atoms with Crippen LogP contribution in [0.4, 0.5) is 4.79 Å². The van der Waals surface area contributed by atoms with Crippen molar-refractivity contribution in [3.05, 3.63) is 0 Å². The van der Waals surface area contributed by atoms with Crippen molar-refractivity contribution in [2.24, 2.45) is 0 Å². The van der Waals surface area contributed by atoms with Crippen molar-refractivity contribution in [1.29, 1.82) is 0 Å². The molecule has 0 aromatic rings. The molecule has 7 heteroatoms. The number of amides is 3. The molecule has 0 saturated carbocycles. The van der Waals surface area contributed by atoms with Gasteiger partial charge < -0.3 is 21.1 Å². The zero-order valence-corrected chi connectivity index (χ0v) is 9.53. The number of carbonyl (C=O) groups is 3. The normalized spacial score (nSPS) is 13.4. The Morgan fingerprint density at radius 3 is 2.19 bits per heavy atom. The summed E-state index contributed by atoms with van der Waals surface area (Å²) in [5.41, 5.74) is 0. The lowest BCUT2D eigenvalue weighted by atomic mass is 10.2. The van der Waals surface area contributed by atoms with Gasteiger partial charge in [-0.25, -0.2) is 9.59 Å². The molecule has 0 aliphatic heterocycles. The number of urea groups is 1. The zero-order valence-electron chi connectivity index (χ0n) is 9.53. The summed E-state index contributed by atoms with van der Waals surface area (Å²) in [5, 5.41) is 15.6. The molecule has 1 unspecified atom stereocenters. The van der Waals surface area contributed by atoms with Crippen molar-refractivity contribution in [3.8, 4) is 0 Å². The number of hydrogen-bond donors (Lipinski definition) is 4. The highest BCUT2D eigenvalue weighted by Crippen LogP contribution is 1.91. The maximum Gasteiger partial charge on any atom is 0.326 e. The Labute approximate surface area is 93.6 Å². The van der Waals surface area contributed by atoms with E-state index >= 15 is 0 Å². The van der Waals surface area contributed by atoms with Gasteiger partial charge in [0, 0.05) is 7.05 Å². The SMILES string of the molecule is CC[C@H](NC(=O)NC(C)C(=O)NC)C(=O)O. The van der Waals surface area contributed by atoms with E-state index in [-0.39, 0.29) is 12.3 Å². The van der Waals surface area contributed by atoms with Crippen LogP contribution >= 0.6 is 0 Å². The van der Waals surface area contributed by atoms with E-state index < -0.39 is 24.1 Å². The molecule has 0 aromatic carbocycles. The highest BCUT2D eigenvalue weighted by molar-refractivity contribution is 5.88. The molecule has 4 N–H and O–H groups in total. The predicted molar refractivity (Wildman–Crippen MR) is 56.9 cm³/mol. The number of rotatable bonds is 5. The van der Waals surface area contributed by atoms with Crippen molar-refractivity contribution < 1.29 is 19.5 Å². The fraction of sp³-hybridized carbons (Fsp3) is 0.667. The minimum Gasteiger partial charge on any atom is -0.480 e. The summed E-state index contributed by atoms with van der Waals surface area (Å²) < 4.78 is 0. The van der Waals surface area contributed by atoms with Crippen LogP contribution in [-0.4, -0.2) is 42.1 Å². The molecule has 92 valence electrons. The van der Waals surface area contributed by atoms with Gasteiger partial charge in [-0.15, -0.1) is 0 Å². The molecule has 0 fully saturated rings. The molecular formula is C9H17N3O4. The molecule has 0 aliphatic rings. The monoisotopic (exact) mass is 231 g/mol. The van der Waals surface area contributed by atoms with Gasteiger partial charge in [0.05, 0.1) is 0 Å². The lowest BCUT2D eigenvalue weighted by molar-refractivity contribution is -0.139. The van der Waals surface area contributed by atoms with E-state index in [9.17, 15) is 14.4 Å². The van der Waals surface area contributed by atoms with Crippen LogP contribution in [0.3, 0.4) is 0 Å². The molecule has 0 heterocycles. The van der Waals surface area contributed by atoms with Gasteiger partial charge >= 0.3 is 12.0 Å². The Kier molecular flexibility index (Phi) is 5.91. The zero-order chi connectivity index (χ0) is 12.7. The fourth-order valence-electron chi connectivity index (χ4n) is 1.02. The molecule has 2 atom stereocenters. The Hall–Kier alpha value is -1.79. The Morgan fingerprint density at radius 1 is 1.25 bits per heavy atom. The van der Waals surface area contributed by atoms with Gasteiger partial charge in [-0.05, 0) is 13.3 Å². The smallest absolute Gasteiger partial charge is 0.326 e. The second-order valence-electron chi connectivity index (χ2n) is 3.25. The molecule has 16 heavy (non-hydrogen) atoms. The van der Waals surface area contributed by atoms with E-state index in [1.54, 1.807) is 6.92 Å².